The number of amides is 2. The van der Waals surface area contributed by atoms with Crippen LogP contribution in [-0.4, -0.2) is 18.6 Å². The van der Waals surface area contributed by atoms with Crippen LogP contribution in [0.2, 0.25) is 5.02 Å². The van der Waals surface area contributed by atoms with Gasteiger partial charge in [-0.05, 0) is 42.8 Å². The molecule has 6 nitrogen and oxygen atoms in total. The van der Waals surface area contributed by atoms with Crippen LogP contribution in [0.15, 0.2) is 36.4 Å². The molecule has 8 heteroatoms. The molecule has 1 atom stereocenters. The van der Waals surface area contributed by atoms with E-state index in [1.807, 2.05) is 0 Å². The van der Waals surface area contributed by atoms with Gasteiger partial charge in [0.1, 0.15) is 5.82 Å². The zero-order valence-corrected chi connectivity index (χ0v) is 13.9. The Hall–Kier alpha value is -2.80. The summed E-state index contributed by atoms with van der Waals surface area (Å²) in [6.45, 7) is 1.86. The van der Waals surface area contributed by atoms with E-state index >= 15 is 0 Å². The molecule has 2 aromatic rings. The Labute approximate surface area is 147 Å². The number of benzene rings is 2. The normalized spacial score (nSPS) is 13.2. The number of carbonyl (C=O) groups is 2. The lowest BCUT2D eigenvalue weighted by atomic mass is 10.1. The number of carbonyl (C=O) groups excluding carboxylic acids is 2. The topological polar surface area (TPSA) is 76.7 Å². The summed E-state index contributed by atoms with van der Waals surface area (Å²) < 4.78 is 24.2. The van der Waals surface area contributed by atoms with E-state index in [0.717, 1.165) is 11.6 Å². The highest BCUT2D eigenvalue weighted by molar-refractivity contribution is 6.39. The van der Waals surface area contributed by atoms with E-state index in [9.17, 15) is 14.0 Å². The highest BCUT2D eigenvalue weighted by Gasteiger charge is 2.20. The molecule has 1 aliphatic rings. The maximum atomic E-state index is 13.7. The quantitative estimate of drug-likeness (QED) is 0.821. The Balaban J connectivity index is 1.63. The van der Waals surface area contributed by atoms with Crippen molar-refractivity contribution in [2.75, 3.05) is 12.1 Å². The fourth-order valence-corrected chi connectivity index (χ4v) is 2.46. The monoisotopic (exact) mass is 364 g/mol. The van der Waals surface area contributed by atoms with E-state index < -0.39 is 23.7 Å². The molecule has 0 saturated heterocycles. The standard InChI is InChI=1S/C17H14ClFN2O4/c1-9(10-2-5-14-15(6-10)25-8-24-14)20-16(22)17(23)21-13-4-3-11(18)7-12(13)19/h2-7,9H,8H2,1H3,(H,20,22)(H,21,23). The number of rotatable bonds is 3. The fourth-order valence-electron chi connectivity index (χ4n) is 2.30. The second-order valence-corrected chi connectivity index (χ2v) is 5.82. The third-order valence-corrected chi connectivity index (χ3v) is 3.86. The number of nitrogens with one attached hydrogen (secondary N) is 2. The molecule has 0 aliphatic carbocycles. The molecule has 2 aromatic carbocycles. The minimum absolute atomic E-state index is 0.125. The van der Waals surface area contributed by atoms with Gasteiger partial charge >= 0.3 is 11.8 Å². The molecule has 2 N–H and O–H groups in total. The third-order valence-electron chi connectivity index (χ3n) is 3.63. The van der Waals surface area contributed by atoms with Gasteiger partial charge < -0.3 is 20.1 Å². The molecule has 0 saturated carbocycles. The molecule has 0 spiro atoms. The first-order valence-electron chi connectivity index (χ1n) is 7.40. The van der Waals surface area contributed by atoms with Crippen molar-refractivity contribution in [1.29, 1.82) is 0 Å². The molecule has 1 unspecified atom stereocenters. The lowest BCUT2D eigenvalue weighted by Gasteiger charge is -2.15. The Bertz CT molecular complexity index is 843. The van der Waals surface area contributed by atoms with Gasteiger partial charge in [0, 0.05) is 5.02 Å². The Kier molecular flexibility index (Phi) is 4.76. The molecule has 1 heterocycles. The minimum atomic E-state index is -0.978. The van der Waals surface area contributed by atoms with Gasteiger partial charge in [0.2, 0.25) is 6.79 Å². The molecule has 25 heavy (non-hydrogen) atoms. The molecule has 0 aromatic heterocycles. The summed E-state index contributed by atoms with van der Waals surface area (Å²) in [5, 5.41) is 4.94. The lowest BCUT2D eigenvalue weighted by molar-refractivity contribution is -0.136. The van der Waals surface area contributed by atoms with Gasteiger partial charge in [-0.25, -0.2) is 4.39 Å². The van der Waals surface area contributed by atoms with Gasteiger partial charge in [0.15, 0.2) is 11.5 Å². The molecular weight excluding hydrogens is 351 g/mol. The van der Waals surface area contributed by atoms with E-state index in [0.29, 0.717) is 11.5 Å². The predicted molar refractivity (Wildman–Crippen MR) is 89.2 cm³/mol. The number of ether oxygens (including phenoxy) is 2. The van der Waals surface area contributed by atoms with Gasteiger partial charge in [-0.15, -0.1) is 0 Å². The van der Waals surface area contributed by atoms with Crippen molar-refractivity contribution in [2.45, 2.75) is 13.0 Å². The maximum Gasteiger partial charge on any atom is 0.313 e. The van der Waals surface area contributed by atoms with Gasteiger partial charge in [-0.3, -0.25) is 9.59 Å². The molecule has 0 radical (unpaired) electrons. The predicted octanol–water partition coefficient (Wildman–Crippen LogP) is 3.02. The maximum absolute atomic E-state index is 13.7. The van der Waals surface area contributed by atoms with Crippen LogP contribution in [0, 0.1) is 5.82 Å². The van der Waals surface area contributed by atoms with Crippen LogP contribution in [0.5, 0.6) is 11.5 Å². The minimum Gasteiger partial charge on any atom is -0.454 e. The molecule has 130 valence electrons. The van der Waals surface area contributed by atoms with Crippen LogP contribution in [0.4, 0.5) is 10.1 Å². The van der Waals surface area contributed by atoms with Crippen molar-refractivity contribution in [3.8, 4) is 11.5 Å². The summed E-state index contributed by atoms with van der Waals surface area (Å²) in [6, 6.07) is 8.49. The SMILES string of the molecule is CC(NC(=O)C(=O)Nc1ccc(Cl)cc1F)c1ccc2c(c1)OCO2. The molecular formula is C17H14ClFN2O4. The Morgan fingerprint density at radius 3 is 2.64 bits per heavy atom. The number of hydrogen-bond donors (Lipinski definition) is 2. The van der Waals surface area contributed by atoms with Crippen LogP contribution in [0.25, 0.3) is 0 Å². The van der Waals surface area contributed by atoms with Crippen LogP contribution in [0.1, 0.15) is 18.5 Å². The van der Waals surface area contributed by atoms with E-state index in [4.69, 9.17) is 21.1 Å². The van der Waals surface area contributed by atoms with Crippen molar-refractivity contribution in [2.24, 2.45) is 0 Å². The zero-order chi connectivity index (χ0) is 18.0. The third kappa shape index (κ3) is 3.83. The molecule has 0 bridgehead atoms. The first-order valence-corrected chi connectivity index (χ1v) is 7.78. The van der Waals surface area contributed by atoms with E-state index in [2.05, 4.69) is 10.6 Å². The van der Waals surface area contributed by atoms with E-state index in [-0.39, 0.29) is 17.5 Å². The highest BCUT2D eigenvalue weighted by atomic mass is 35.5. The average Bonchev–Trinajstić information content (AvgIpc) is 3.04. The van der Waals surface area contributed by atoms with Crippen molar-refractivity contribution in [1.82, 2.24) is 5.32 Å². The summed E-state index contributed by atoms with van der Waals surface area (Å²) >= 11 is 5.64. The van der Waals surface area contributed by atoms with Crippen LogP contribution < -0.4 is 20.1 Å². The van der Waals surface area contributed by atoms with Crippen molar-refractivity contribution >= 4 is 29.1 Å². The number of fused-ring (bicyclic) bond motifs is 1. The fraction of sp³-hybridized carbons (Fsp3) is 0.176. The summed E-state index contributed by atoms with van der Waals surface area (Å²) in [5.41, 5.74) is 0.614. The van der Waals surface area contributed by atoms with Crippen LogP contribution >= 0.6 is 11.6 Å². The summed E-state index contributed by atoms with van der Waals surface area (Å²) in [4.78, 5) is 24.0. The first-order chi connectivity index (χ1) is 11.9. The summed E-state index contributed by atoms with van der Waals surface area (Å²) in [7, 11) is 0. The summed E-state index contributed by atoms with van der Waals surface area (Å²) in [6.07, 6.45) is 0. The van der Waals surface area contributed by atoms with Gasteiger partial charge in [-0.1, -0.05) is 17.7 Å². The number of hydrogen-bond acceptors (Lipinski definition) is 4. The van der Waals surface area contributed by atoms with Crippen molar-refractivity contribution in [3.05, 3.63) is 52.8 Å². The molecule has 3 rings (SSSR count). The Morgan fingerprint density at radius 1 is 1.12 bits per heavy atom. The van der Waals surface area contributed by atoms with Crippen molar-refractivity contribution in [3.63, 3.8) is 0 Å². The number of anilines is 1. The zero-order valence-electron chi connectivity index (χ0n) is 13.1. The summed E-state index contributed by atoms with van der Waals surface area (Å²) in [5.74, 6) is -1.39. The molecule has 1 aliphatic heterocycles. The van der Waals surface area contributed by atoms with Gasteiger partial charge in [-0.2, -0.15) is 0 Å². The number of halogens is 2. The van der Waals surface area contributed by atoms with Gasteiger partial charge in [0.05, 0.1) is 11.7 Å². The van der Waals surface area contributed by atoms with Gasteiger partial charge in [0.25, 0.3) is 0 Å². The second-order valence-electron chi connectivity index (χ2n) is 5.39. The molecule has 2 amide bonds. The van der Waals surface area contributed by atoms with E-state index in [1.165, 1.54) is 12.1 Å². The highest BCUT2D eigenvalue weighted by Crippen LogP contribution is 2.34. The smallest absolute Gasteiger partial charge is 0.313 e. The lowest BCUT2D eigenvalue weighted by Crippen LogP contribution is -2.37. The first kappa shape index (κ1) is 17.0. The second kappa shape index (κ2) is 6.98. The largest absolute Gasteiger partial charge is 0.454 e. The van der Waals surface area contributed by atoms with Crippen molar-refractivity contribution < 1.29 is 23.5 Å². The molecule has 0 fully saturated rings. The average molecular weight is 365 g/mol. The van der Waals surface area contributed by atoms with E-state index in [1.54, 1.807) is 25.1 Å². The Morgan fingerprint density at radius 2 is 1.88 bits per heavy atom. The van der Waals surface area contributed by atoms with Crippen LogP contribution in [-0.2, 0) is 9.59 Å². The van der Waals surface area contributed by atoms with Crippen LogP contribution in [0.3, 0.4) is 0 Å².